The van der Waals surface area contributed by atoms with Gasteiger partial charge in [0.1, 0.15) is 5.75 Å². The molecule has 0 aliphatic carbocycles. The Hall–Kier alpha value is -1.66. The van der Waals surface area contributed by atoms with Gasteiger partial charge in [-0.3, -0.25) is 14.8 Å². The molecule has 3 rings (SSSR count). The smallest absolute Gasteiger partial charge is 0.134 e. The predicted octanol–water partition coefficient (Wildman–Crippen LogP) is 2.82. The number of aromatic nitrogens is 1. The van der Waals surface area contributed by atoms with Crippen LogP contribution in [0.3, 0.4) is 0 Å². The summed E-state index contributed by atoms with van der Waals surface area (Å²) < 4.78 is 0. The molecule has 1 atom stereocenters. The molecule has 2 aromatic rings. The Morgan fingerprint density at radius 2 is 2.04 bits per heavy atom. The predicted molar refractivity (Wildman–Crippen MR) is 103 cm³/mol. The molecule has 1 fully saturated rings. The molecular formula is C20H26ClN3O2. The van der Waals surface area contributed by atoms with Gasteiger partial charge in [-0.1, -0.05) is 23.7 Å². The number of aliphatic hydroxyl groups is 1. The Kier molecular flexibility index (Phi) is 6.48. The number of aryl methyl sites for hydroxylation is 1. The van der Waals surface area contributed by atoms with E-state index < -0.39 is 0 Å². The fraction of sp³-hybridized carbons (Fsp3) is 0.450. The van der Waals surface area contributed by atoms with Gasteiger partial charge in [-0.25, -0.2) is 0 Å². The average molecular weight is 376 g/mol. The molecule has 2 heterocycles. The summed E-state index contributed by atoms with van der Waals surface area (Å²) in [4.78, 5) is 9.40. The number of hydrogen-bond acceptors (Lipinski definition) is 5. The summed E-state index contributed by atoms with van der Waals surface area (Å²) in [7, 11) is 0. The number of halogens is 1. The van der Waals surface area contributed by atoms with E-state index in [0.29, 0.717) is 11.1 Å². The molecule has 2 N–H and O–H groups in total. The van der Waals surface area contributed by atoms with E-state index in [-0.39, 0.29) is 12.4 Å². The number of hydrogen-bond donors (Lipinski definition) is 2. The van der Waals surface area contributed by atoms with E-state index in [1.54, 1.807) is 6.07 Å². The van der Waals surface area contributed by atoms with E-state index in [4.69, 9.17) is 11.6 Å². The third-order valence-corrected chi connectivity index (χ3v) is 5.18. The number of pyridine rings is 1. The first-order valence-corrected chi connectivity index (χ1v) is 9.40. The Morgan fingerprint density at radius 1 is 1.19 bits per heavy atom. The molecule has 1 unspecified atom stereocenters. The number of benzene rings is 1. The number of nitrogens with zero attached hydrogens (tertiary/aromatic N) is 3. The van der Waals surface area contributed by atoms with Crippen LogP contribution in [0.4, 0.5) is 0 Å². The molecular weight excluding hydrogens is 350 g/mol. The highest BCUT2D eigenvalue weighted by Gasteiger charge is 2.27. The Bertz CT molecular complexity index is 741. The summed E-state index contributed by atoms with van der Waals surface area (Å²) in [6.45, 7) is 6.57. The van der Waals surface area contributed by atoms with Gasteiger partial charge >= 0.3 is 0 Å². The monoisotopic (exact) mass is 375 g/mol. The minimum Gasteiger partial charge on any atom is -0.506 e. The maximum absolute atomic E-state index is 9.57. The maximum Gasteiger partial charge on any atom is 0.134 e. The molecule has 1 aliphatic heterocycles. The largest absolute Gasteiger partial charge is 0.506 e. The Labute approximate surface area is 159 Å². The van der Waals surface area contributed by atoms with Crippen LogP contribution >= 0.6 is 11.6 Å². The van der Waals surface area contributed by atoms with Crippen molar-refractivity contribution in [1.82, 2.24) is 14.8 Å². The van der Waals surface area contributed by atoms with E-state index in [9.17, 15) is 10.2 Å². The van der Waals surface area contributed by atoms with Gasteiger partial charge in [0, 0.05) is 51.1 Å². The SMILES string of the molecule is Cc1cccc(CN2CCN(Cc3ccc(O)c(Cl)c3)CC2CCO)n1. The molecule has 140 valence electrons. The van der Waals surface area contributed by atoms with Crippen LogP contribution < -0.4 is 0 Å². The highest BCUT2D eigenvalue weighted by atomic mass is 35.5. The maximum atomic E-state index is 9.57. The van der Waals surface area contributed by atoms with Gasteiger partial charge in [0.25, 0.3) is 0 Å². The zero-order valence-electron chi connectivity index (χ0n) is 15.1. The van der Waals surface area contributed by atoms with Crippen LogP contribution in [0, 0.1) is 6.92 Å². The average Bonchev–Trinajstić information content (AvgIpc) is 2.61. The van der Waals surface area contributed by atoms with Gasteiger partial charge in [-0.05, 0) is 43.2 Å². The van der Waals surface area contributed by atoms with Crippen molar-refractivity contribution >= 4 is 11.6 Å². The molecule has 1 aromatic carbocycles. The number of phenols is 1. The second-order valence-corrected chi connectivity index (χ2v) is 7.33. The zero-order chi connectivity index (χ0) is 18.5. The van der Waals surface area contributed by atoms with Crippen molar-refractivity contribution in [3.8, 4) is 5.75 Å². The van der Waals surface area contributed by atoms with Gasteiger partial charge in [0.15, 0.2) is 0 Å². The molecule has 1 saturated heterocycles. The third kappa shape index (κ3) is 4.95. The third-order valence-electron chi connectivity index (χ3n) is 4.88. The van der Waals surface area contributed by atoms with Crippen molar-refractivity contribution in [3.63, 3.8) is 0 Å². The van der Waals surface area contributed by atoms with Gasteiger partial charge in [0.2, 0.25) is 0 Å². The lowest BCUT2D eigenvalue weighted by Crippen LogP contribution is -2.52. The van der Waals surface area contributed by atoms with Crippen LogP contribution in [0.1, 0.15) is 23.4 Å². The summed E-state index contributed by atoms with van der Waals surface area (Å²) in [5.41, 5.74) is 3.19. The van der Waals surface area contributed by atoms with Crippen molar-refractivity contribution in [2.45, 2.75) is 32.5 Å². The molecule has 1 aliphatic rings. The topological polar surface area (TPSA) is 59.8 Å². The van der Waals surface area contributed by atoms with Crippen molar-refractivity contribution < 1.29 is 10.2 Å². The fourth-order valence-electron chi connectivity index (χ4n) is 3.53. The van der Waals surface area contributed by atoms with Crippen molar-refractivity contribution in [1.29, 1.82) is 0 Å². The summed E-state index contributed by atoms with van der Waals surface area (Å²) in [5.74, 6) is 0.115. The van der Waals surface area contributed by atoms with Crippen LogP contribution in [0.25, 0.3) is 0 Å². The molecule has 0 spiro atoms. The minimum atomic E-state index is 0.115. The Morgan fingerprint density at radius 3 is 2.77 bits per heavy atom. The first-order chi connectivity index (χ1) is 12.5. The van der Waals surface area contributed by atoms with Crippen LogP contribution in [0.2, 0.25) is 5.02 Å². The first-order valence-electron chi connectivity index (χ1n) is 9.02. The number of aromatic hydroxyl groups is 1. The zero-order valence-corrected chi connectivity index (χ0v) is 15.9. The highest BCUT2D eigenvalue weighted by molar-refractivity contribution is 6.32. The van der Waals surface area contributed by atoms with Crippen molar-refractivity contribution in [2.75, 3.05) is 26.2 Å². The van der Waals surface area contributed by atoms with E-state index in [2.05, 4.69) is 20.9 Å². The minimum absolute atomic E-state index is 0.115. The number of piperazine rings is 1. The summed E-state index contributed by atoms with van der Waals surface area (Å²) in [6.07, 6.45) is 0.749. The number of phenolic OH excluding ortho intramolecular Hbond substituents is 1. The summed E-state index contributed by atoms with van der Waals surface area (Å²) in [5, 5.41) is 19.4. The lowest BCUT2D eigenvalue weighted by Gasteiger charge is -2.41. The Balaban J connectivity index is 1.64. The quantitative estimate of drug-likeness (QED) is 0.813. The standard InChI is InChI=1S/C20H26ClN3O2/c1-15-3-2-4-17(22-15)13-24-9-8-23(14-18(24)7-10-25)12-16-5-6-20(26)19(21)11-16/h2-6,11,18,25-26H,7-10,12-14H2,1H3. The van der Waals surface area contributed by atoms with Gasteiger partial charge < -0.3 is 10.2 Å². The normalized spacial score (nSPS) is 19.0. The molecule has 0 radical (unpaired) electrons. The summed E-state index contributed by atoms with van der Waals surface area (Å²) in [6, 6.07) is 11.8. The molecule has 1 aromatic heterocycles. The van der Waals surface area contributed by atoms with E-state index in [1.807, 2.05) is 31.2 Å². The van der Waals surface area contributed by atoms with E-state index in [1.165, 1.54) is 0 Å². The molecule has 0 bridgehead atoms. The van der Waals surface area contributed by atoms with E-state index >= 15 is 0 Å². The lowest BCUT2D eigenvalue weighted by molar-refractivity contribution is 0.0491. The van der Waals surface area contributed by atoms with Crippen molar-refractivity contribution in [2.24, 2.45) is 0 Å². The fourth-order valence-corrected chi connectivity index (χ4v) is 3.74. The molecule has 0 amide bonds. The second-order valence-electron chi connectivity index (χ2n) is 6.93. The highest BCUT2D eigenvalue weighted by Crippen LogP contribution is 2.25. The summed E-state index contributed by atoms with van der Waals surface area (Å²) >= 11 is 6.02. The van der Waals surface area contributed by atoms with Crippen LogP contribution in [0.5, 0.6) is 5.75 Å². The van der Waals surface area contributed by atoms with E-state index in [0.717, 1.165) is 56.1 Å². The first kappa shape index (κ1) is 19.1. The van der Waals surface area contributed by atoms with Crippen LogP contribution in [-0.4, -0.2) is 57.3 Å². The number of rotatable bonds is 6. The number of aliphatic hydroxyl groups excluding tert-OH is 1. The van der Waals surface area contributed by atoms with Crippen LogP contribution in [-0.2, 0) is 13.1 Å². The van der Waals surface area contributed by atoms with Crippen molar-refractivity contribution in [3.05, 3.63) is 58.4 Å². The van der Waals surface area contributed by atoms with Gasteiger partial charge in [0.05, 0.1) is 10.7 Å². The molecule has 0 saturated carbocycles. The second kappa shape index (κ2) is 8.82. The van der Waals surface area contributed by atoms with Crippen LogP contribution in [0.15, 0.2) is 36.4 Å². The van der Waals surface area contributed by atoms with Gasteiger partial charge in [-0.2, -0.15) is 0 Å². The van der Waals surface area contributed by atoms with Gasteiger partial charge in [-0.15, -0.1) is 0 Å². The molecule has 5 nitrogen and oxygen atoms in total. The lowest BCUT2D eigenvalue weighted by atomic mass is 10.1. The molecule has 26 heavy (non-hydrogen) atoms. The molecule has 6 heteroatoms.